The van der Waals surface area contributed by atoms with E-state index in [1.54, 1.807) is 34.6 Å². The van der Waals surface area contributed by atoms with E-state index in [9.17, 15) is 9.59 Å². The van der Waals surface area contributed by atoms with Crippen molar-refractivity contribution in [3.63, 3.8) is 0 Å². The van der Waals surface area contributed by atoms with Crippen molar-refractivity contribution >= 4 is 17.6 Å². The molecule has 0 N–H and O–H groups in total. The van der Waals surface area contributed by atoms with Gasteiger partial charge in [-0.25, -0.2) is 4.79 Å². The number of amides is 1. The van der Waals surface area contributed by atoms with Crippen LogP contribution in [-0.2, 0) is 14.3 Å². The summed E-state index contributed by atoms with van der Waals surface area (Å²) in [5.41, 5.74) is -0.298. The summed E-state index contributed by atoms with van der Waals surface area (Å²) in [6, 6.07) is 0. The topological polar surface area (TPSA) is 65.0 Å². The van der Waals surface area contributed by atoms with Gasteiger partial charge in [-0.2, -0.15) is 4.99 Å². The van der Waals surface area contributed by atoms with Crippen molar-refractivity contribution in [2.45, 2.75) is 53.1 Å². The fraction of sp³-hybridized carbons (Fsp3) is 0.800. The standard InChI is InChI=1S/C15H25NO4/c1-10(2)13(17)12(8-11-6-7-19-9-11)16-14(18)20-15(3,4)5/h10-11H,6-9H2,1-5H3. The van der Waals surface area contributed by atoms with Crippen LogP contribution in [0, 0.1) is 11.8 Å². The van der Waals surface area contributed by atoms with Crippen LogP contribution in [0.1, 0.15) is 47.5 Å². The summed E-state index contributed by atoms with van der Waals surface area (Å²) in [7, 11) is 0. The lowest BCUT2D eigenvalue weighted by atomic mass is 9.95. The zero-order chi connectivity index (χ0) is 15.3. The highest BCUT2D eigenvalue weighted by Gasteiger charge is 2.25. The SMILES string of the molecule is CC(C)C(=O)C(CC1CCOC1)=NC(=O)OC(C)(C)C. The van der Waals surface area contributed by atoms with E-state index in [1.165, 1.54) is 0 Å². The van der Waals surface area contributed by atoms with Gasteiger partial charge in [-0.05, 0) is 39.5 Å². The fourth-order valence-electron chi connectivity index (χ4n) is 1.95. The summed E-state index contributed by atoms with van der Waals surface area (Å²) in [5, 5.41) is 0. The molecule has 0 saturated carbocycles. The molecule has 1 atom stereocenters. The lowest BCUT2D eigenvalue weighted by molar-refractivity contribution is -0.115. The van der Waals surface area contributed by atoms with Gasteiger partial charge in [0.15, 0.2) is 5.78 Å². The van der Waals surface area contributed by atoms with Crippen LogP contribution < -0.4 is 0 Å². The Balaban J connectivity index is 2.80. The smallest absolute Gasteiger partial charge is 0.434 e. The molecule has 1 unspecified atom stereocenters. The van der Waals surface area contributed by atoms with E-state index in [4.69, 9.17) is 9.47 Å². The predicted octanol–water partition coefficient (Wildman–Crippen LogP) is 3.01. The molecule has 0 aromatic rings. The number of hydrogen-bond acceptors (Lipinski definition) is 4. The Labute approximate surface area is 120 Å². The lowest BCUT2D eigenvalue weighted by Gasteiger charge is -2.18. The van der Waals surface area contributed by atoms with Crippen molar-refractivity contribution in [2.75, 3.05) is 13.2 Å². The Morgan fingerprint density at radius 2 is 2.00 bits per heavy atom. The van der Waals surface area contributed by atoms with E-state index in [2.05, 4.69) is 4.99 Å². The molecule has 0 aromatic carbocycles. The molecule has 1 rings (SSSR count). The average Bonchev–Trinajstić information content (AvgIpc) is 2.77. The maximum Gasteiger partial charge on any atom is 0.434 e. The second kappa shape index (κ2) is 6.97. The number of hydrogen-bond donors (Lipinski definition) is 0. The quantitative estimate of drug-likeness (QED) is 0.744. The fourth-order valence-corrected chi connectivity index (χ4v) is 1.95. The Kier molecular flexibility index (Phi) is 5.87. The summed E-state index contributed by atoms with van der Waals surface area (Å²) in [4.78, 5) is 27.8. The third kappa shape index (κ3) is 5.82. The molecule has 1 amide bonds. The van der Waals surface area contributed by atoms with Gasteiger partial charge < -0.3 is 9.47 Å². The molecular formula is C15H25NO4. The van der Waals surface area contributed by atoms with Crippen LogP contribution >= 0.6 is 0 Å². The Bertz CT molecular complexity index is 387. The number of carbonyl (C=O) groups is 2. The highest BCUT2D eigenvalue weighted by atomic mass is 16.6. The molecule has 5 nitrogen and oxygen atoms in total. The zero-order valence-electron chi connectivity index (χ0n) is 13.1. The van der Waals surface area contributed by atoms with Crippen LogP contribution in [0.5, 0.6) is 0 Å². The number of aliphatic imine (C=N–C) groups is 1. The zero-order valence-corrected chi connectivity index (χ0v) is 13.1. The summed E-state index contributed by atoms with van der Waals surface area (Å²) in [5.74, 6) is -0.0137. The summed E-state index contributed by atoms with van der Waals surface area (Å²) >= 11 is 0. The van der Waals surface area contributed by atoms with E-state index in [0.29, 0.717) is 25.3 Å². The van der Waals surface area contributed by atoms with Gasteiger partial charge >= 0.3 is 6.09 Å². The number of Topliss-reactive ketones (excluding diaryl/α,β-unsaturated/α-hetero) is 1. The molecule has 0 bridgehead atoms. The van der Waals surface area contributed by atoms with Crippen LogP contribution in [0.25, 0.3) is 0 Å². The molecule has 0 aromatic heterocycles. The lowest BCUT2D eigenvalue weighted by Crippen LogP contribution is -2.27. The van der Waals surface area contributed by atoms with Crippen LogP contribution in [0.3, 0.4) is 0 Å². The van der Waals surface area contributed by atoms with Crippen molar-refractivity contribution in [2.24, 2.45) is 16.8 Å². The molecule has 5 heteroatoms. The van der Waals surface area contributed by atoms with E-state index in [1.807, 2.05) is 0 Å². The van der Waals surface area contributed by atoms with Crippen molar-refractivity contribution in [1.82, 2.24) is 0 Å². The van der Waals surface area contributed by atoms with Crippen molar-refractivity contribution < 1.29 is 19.1 Å². The number of nitrogens with zero attached hydrogens (tertiary/aromatic N) is 1. The van der Waals surface area contributed by atoms with E-state index < -0.39 is 11.7 Å². The molecular weight excluding hydrogens is 258 g/mol. The largest absolute Gasteiger partial charge is 0.442 e. The summed E-state index contributed by atoms with van der Waals surface area (Å²) in [6.07, 6.45) is 0.690. The summed E-state index contributed by atoms with van der Waals surface area (Å²) in [6.45, 7) is 10.3. The molecule has 1 aliphatic heterocycles. The van der Waals surface area contributed by atoms with E-state index >= 15 is 0 Å². The van der Waals surface area contributed by atoms with Crippen molar-refractivity contribution in [1.29, 1.82) is 0 Å². The maximum atomic E-state index is 12.2. The van der Waals surface area contributed by atoms with Gasteiger partial charge in [0.2, 0.25) is 0 Å². The molecule has 1 fully saturated rings. The molecule has 0 spiro atoms. The van der Waals surface area contributed by atoms with Crippen LogP contribution in [0.15, 0.2) is 4.99 Å². The highest BCUT2D eigenvalue weighted by Crippen LogP contribution is 2.19. The average molecular weight is 283 g/mol. The number of carbonyl (C=O) groups excluding carboxylic acids is 2. The maximum absolute atomic E-state index is 12.2. The van der Waals surface area contributed by atoms with Crippen LogP contribution in [-0.4, -0.2) is 36.4 Å². The highest BCUT2D eigenvalue weighted by molar-refractivity contribution is 6.41. The Morgan fingerprint density at radius 3 is 2.45 bits per heavy atom. The first kappa shape index (κ1) is 16.8. The molecule has 114 valence electrons. The third-order valence-corrected chi connectivity index (χ3v) is 2.93. The minimum Gasteiger partial charge on any atom is -0.442 e. The van der Waals surface area contributed by atoms with Gasteiger partial charge in [0.25, 0.3) is 0 Å². The van der Waals surface area contributed by atoms with Gasteiger partial charge in [0.1, 0.15) is 5.60 Å². The van der Waals surface area contributed by atoms with Crippen molar-refractivity contribution in [3.8, 4) is 0 Å². The minimum absolute atomic E-state index is 0.0947. The van der Waals surface area contributed by atoms with Gasteiger partial charge in [0.05, 0.1) is 5.71 Å². The van der Waals surface area contributed by atoms with E-state index in [0.717, 1.165) is 6.42 Å². The third-order valence-electron chi connectivity index (χ3n) is 2.93. The van der Waals surface area contributed by atoms with Crippen molar-refractivity contribution in [3.05, 3.63) is 0 Å². The molecule has 0 aliphatic carbocycles. The number of ether oxygens (including phenoxy) is 2. The van der Waals surface area contributed by atoms with Crippen LogP contribution in [0.4, 0.5) is 4.79 Å². The number of ketones is 1. The number of rotatable bonds is 4. The normalized spacial score (nSPS) is 20.3. The van der Waals surface area contributed by atoms with E-state index in [-0.39, 0.29) is 17.6 Å². The minimum atomic E-state index is -0.694. The molecule has 0 radical (unpaired) electrons. The van der Waals surface area contributed by atoms with Gasteiger partial charge in [-0.3, -0.25) is 4.79 Å². The molecule has 1 heterocycles. The Hall–Kier alpha value is -1.23. The Morgan fingerprint density at radius 1 is 1.35 bits per heavy atom. The summed E-state index contributed by atoms with van der Waals surface area (Å²) < 4.78 is 10.5. The second-order valence-electron chi connectivity index (χ2n) is 6.49. The predicted molar refractivity (Wildman–Crippen MR) is 77.1 cm³/mol. The van der Waals surface area contributed by atoms with Gasteiger partial charge in [-0.1, -0.05) is 13.8 Å². The molecule has 1 aliphatic rings. The second-order valence-corrected chi connectivity index (χ2v) is 6.49. The van der Waals surface area contributed by atoms with Crippen LogP contribution in [0.2, 0.25) is 0 Å². The molecule has 20 heavy (non-hydrogen) atoms. The monoisotopic (exact) mass is 283 g/mol. The molecule has 1 saturated heterocycles. The van der Waals surface area contributed by atoms with Gasteiger partial charge in [0, 0.05) is 19.1 Å². The first-order chi connectivity index (χ1) is 9.19. The van der Waals surface area contributed by atoms with Gasteiger partial charge in [-0.15, -0.1) is 0 Å². The first-order valence-corrected chi connectivity index (χ1v) is 7.11. The first-order valence-electron chi connectivity index (χ1n) is 7.11.